The van der Waals surface area contributed by atoms with Gasteiger partial charge >= 0.3 is 0 Å². The summed E-state index contributed by atoms with van der Waals surface area (Å²) in [7, 11) is 0. The maximum atomic E-state index is 13.1. The average Bonchev–Trinajstić information content (AvgIpc) is 3.45. The molecule has 6 nitrogen and oxygen atoms in total. The van der Waals surface area contributed by atoms with Crippen LogP contribution in [0.3, 0.4) is 0 Å². The van der Waals surface area contributed by atoms with E-state index in [1.54, 1.807) is 12.1 Å². The van der Waals surface area contributed by atoms with Crippen LogP contribution in [-0.4, -0.2) is 22.0 Å². The fraction of sp³-hybridized carbons (Fsp3) is 0.190. The van der Waals surface area contributed by atoms with Crippen molar-refractivity contribution in [3.8, 4) is 11.3 Å². The molecule has 1 saturated carbocycles. The third-order valence-electron chi connectivity index (χ3n) is 4.64. The molecule has 0 unspecified atom stereocenters. The van der Waals surface area contributed by atoms with Crippen molar-refractivity contribution in [3.63, 3.8) is 0 Å². The number of benzene rings is 2. The van der Waals surface area contributed by atoms with Crippen LogP contribution in [0, 0.1) is 11.7 Å². The van der Waals surface area contributed by atoms with Crippen molar-refractivity contribution in [3.05, 3.63) is 71.7 Å². The van der Waals surface area contributed by atoms with Crippen LogP contribution in [0.15, 0.2) is 54.7 Å². The molecule has 0 saturated heterocycles. The molecule has 1 heterocycles. The number of nitrogens with one attached hydrogen (secondary N) is 3. The lowest BCUT2D eigenvalue weighted by Gasteiger charge is -2.08. The molecule has 3 N–H and O–H groups in total. The molecule has 28 heavy (non-hydrogen) atoms. The van der Waals surface area contributed by atoms with Gasteiger partial charge in [0, 0.05) is 23.7 Å². The number of carbonyl (C=O) groups is 2. The topological polar surface area (TPSA) is 86.9 Å². The Labute approximate surface area is 161 Å². The Kier molecular flexibility index (Phi) is 4.89. The highest BCUT2D eigenvalue weighted by molar-refractivity contribution is 5.99. The lowest BCUT2D eigenvalue weighted by Crippen LogP contribution is -2.23. The zero-order valence-electron chi connectivity index (χ0n) is 15.0. The number of amides is 2. The van der Waals surface area contributed by atoms with Gasteiger partial charge in [-0.3, -0.25) is 14.7 Å². The highest BCUT2D eigenvalue weighted by atomic mass is 19.1. The van der Waals surface area contributed by atoms with Gasteiger partial charge in [0.1, 0.15) is 5.82 Å². The Bertz CT molecular complexity index is 992. The van der Waals surface area contributed by atoms with E-state index in [1.807, 2.05) is 24.3 Å². The van der Waals surface area contributed by atoms with E-state index < -0.39 is 0 Å². The van der Waals surface area contributed by atoms with Crippen molar-refractivity contribution < 1.29 is 14.0 Å². The molecule has 0 spiro atoms. The molecule has 0 bridgehead atoms. The number of aromatic nitrogens is 2. The number of rotatable bonds is 6. The quantitative estimate of drug-likeness (QED) is 0.614. The smallest absolute Gasteiger partial charge is 0.255 e. The molecule has 2 amide bonds. The summed E-state index contributed by atoms with van der Waals surface area (Å²) < 4.78 is 13.1. The summed E-state index contributed by atoms with van der Waals surface area (Å²) in [6.07, 6.45) is 3.37. The van der Waals surface area contributed by atoms with Crippen molar-refractivity contribution in [2.45, 2.75) is 19.4 Å². The van der Waals surface area contributed by atoms with Crippen molar-refractivity contribution in [2.24, 2.45) is 5.92 Å². The maximum Gasteiger partial charge on any atom is 0.255 e. The molecule has 1 aromatic heterocycles. The number of nitrogens with zero attached hydrogens (tertiary/aromatic N) is 1. The summed E-state index contributed by atoms with van der Waals surface area (Å²) in [5, 5.41) is 12.5. The number of anilines is 1. The van der Waals surface area contributed by atoms with Gasteiger partial charge in [0.2, 0.25) is 5.91 Å². The summed E-state index contributed by atoms with van der Waals surface area (Å²) in [6, 6.07) is 13.2. The maximum absolute atomic E-state index is 13.1. The highest BCUT2D eigenvalue weighted by Gasteiger charge is 2.29. The predicted octanol–water partition coefficient (Wildman–Crippen LogP) is 3.49. The van der Waals surface area contributed by atoms with Gasteiger partial charge < -0.3 is 10.6 Å². The summed E-state index contributed by atoms with van der Waals surface area (Å²) >= 11 is 0. The Morgan fingerprint density at radius 1 is 1.07 bits per heavy atom. The fourth-order valence-corrected chi connectivity index (χ4v) is 2.87. The van der Waals surface area contributed by atoms with E-state index in [0.29, 0.717) is 23.4 Å². The lowest BCUT2D eigenvalue weighted by atomic mass is 10.1. The fourth-order valence-electron chi connectivity index (χ4n) is 2.87. The first-order valence-corrected chi connectivity index (χ1v) is 9.07. The van der Waals surface area contributed by atoms with Crippen molar-refractivity contribution in [1.29, 1.82) is 0 Å². The van der Waals surface area contributed by atoms with Crippen molar-refractivity contribution >= 4 is 17.5 Å². The second-order valence-corrected chi connectivity index (χ2v) is 6.81. The van der Waals surface area contributed by atoms with E-state index in [0.717, 1.165) is 24.1 Å². The molecule has 1 fully saturated rings. The van der Waals surface area contributed by atoms with Gasteiger partial charge in [0.05, 0.1) is 17.5 Å². The van der Waals surface area contributed by atoms with Crippen molar-refractivity contribution in [2.75, 3.05) is 5.32 Å². The first-order valence-electron chi connectivity index (χ1n) is 9.07. The van der Waals surface area contributed by atoms with Crippen LogP contribution in [0.2, 0.25) is 0 Å². The number of hydrogen-bond donors (Lipinski definition) is 3. The van der Waals surface area contributed by atoms with Gasteiger partial charge in [-0.2, -0.15) is 5.10 Å². The molecule has 1 aliphatic carbocycles. The van der Waals surface area contributed by atoms with Gasteiger partial charge in [0.15, 0.2) is 0 Å². The van der Waals surface area contributed by atoms with Crippen LogP contribution in [0.5, 0.6) is 0 Å². The molecule has 2 aromatic carbocycles. The molecule has 0 atom stereocenters. The largest absolute Gasteiger partial charge is 0.348 e. The minimum Gasteiger partial charge on any atom is -0.348 e. The number of halogens is 1. The third kappa shape index (κ3) is 4.09. The third-order valence-corrected chi connectivity index (χ3v) is 4.64. The molecule has 0 aliphatic heterocycles. The molecular weight excluding hydrogens is 359 g/mol. The van der Waals surface area contributed by atoms with E-state index in [4.69, 9.17) is 0 Å². The zero-order valence-corrected chi connectivity index (χ0v) is 15.0. The van der Waals surface area contributed by atoms with Gasteiger partial charge in [-0.15, -0.1) is 0 Å². The van der Waals surface area contributed by atoms with Gasteiger partial charge in [-0.05, 0) is 54.8 Å². The first-order chi connectivity index (χ1) is 13.6. The van der Waals surface area contributed by atoms with Crippen LogP contribution in [-0.2, 0) is 11.3 Å². The van der Waals surface area contributed by atoms with E-state index in [2.05, 4.69) is 20.8 Å². The Morgan fingerprint density at radius 3 is 2.46 bits per heavy atom. The van der Waals surface area contributed by atoms with E-state index in [1.165, 1.54) is 18.3 Å². The molecule has 7 heteroatoms. The number of aromatic amines is 1. The highest BCUT2D eigenvalue weighted by Crippen LogP contribution is 2.30. The standard InChI is InChI=1S/C21H19FN4O2/c22-16-7-5-14(6-8-16)19-18(12-24-26-19)21(28)23-11-13-1-9-17(10-2-13)25-20(27)15-3-4-15/h1-2,5-10,12,15H,3-4,11H2,(H,23,28)(H,24,26)(H,25,27). The number of H-pyrrole nitrogens is 1. The second-order valence-electron chi connectivity index (χ2n) is 6.81. The van der Waals surface area contributed by atoms with Crippen LogP contribution in [0.4, 0.5) is 10.1 Å². The Balaban J connectivity index is 1.37. The minimum atomic E-state index is -0.342. The summed E-state index contributed by atoms with van der Waals surface area (Å²) in [6.45, 7) is 0.337. The van der Waals surface area contributed by atoms with E-state index >= 15 is 0 Å². The molecular formula is C21H19FN4O2. The SMILES string of the molecule is O=C(NCc1ccc(NC(=O)C2CC2)cc1)c1cn[nH]c1-c1ccc(F)cc1. The van der Waals surface area contributed by atoms with Crippen LogP contribution < -0.4 is 10.6 Å². The van der Waals surface area contributed by atoms with E-state index in [-0.39, 0.29) is 23.5 Å². The van der Waals surface area contributed by atoms with Gasteiger partial charge in [-0.1, -0.05) is 12.1 Å². The summed E-state index contributed by atoms with van der Waals surface area (Å²) in [5.74, 6) is -0.399. The number of carbonyl (C=O) groups excluding carboxylic acids is 2. The summed E-state index contributed by atoms with van der Waals surface area (Å²) in [4.78, 5) is 24.3. The normalized spacial score (nSPS) is 13.2. The van der Waals surface area contributed by atoms with Crippen LogP contribution in [0.1, 0.15) is 28.8 Å². The Morgan fingerprint density at radius 2 is 1.79 bits per heavy atom. The lowest BCUT2D eigenvalue weighted by molar-refractivity contribution is -0.117. The van der Waals surface area contributed by atoms with Crippen LogP contribution >= 0.6 is 0 Å². The van der Waals surface area contributed by atoms with E-state index in [9.17, 15) is 14.0 Å². The minimum absolute atomic E-state index is 0.0642. The van der Waals surface area contributed by atoms with Gasteiger partial charge in [-0.25, -0.2) is 4.39 Å². The Hall–Kier alpha value is -3.48. The monoisotopic (exact) mass is 378 g/mol. The molecule has 142 valence electrons. The second kappa shape index (κ2) is 7.64. The van der Waals surface area contributed by atoms with Crippen molar-refractivity contribution in [1.82, 2.24) is 15.5 Å². The molecule has 0 radical (unpaired) electrons. The number of hydrogen-bond acceptors (Lipinski definition) is 3. The van der Waals surface area contributed by atoms with Gasteiger partial charge in [0.25, 0.3) is 5.91 Å². The van der Waals surface area contributed by atoms with Crippen LogP contribution in [0.25, 0.3) is 11.3 Å². The predicted molar refractivity (Wildman–Crippen MR) is 103 cm³/mol. The molecule has 4 rings (SSSR count). The first kappa shape index (κ1) is 17.9. The molecule has 1 aliphatic rings. The zero-order chi connectivity index (χ0) is 19.5. The summed E-state index contributed by atoms with van der Waals surface area (Å²) in [5.41, 5.74) is 3.26. The molecule has 3 aromatic rings. The average molecular weight is 378 g/mol.